The number of furan rings is 1. The Balaban J connectivity index is 1.69. The van der Waals surface area contributed by atoms with E-state index in [4.69, 9.17) is 9.15 Å². The van der Waals surface area contributed by atoms with Gasteiger partial charge in [0, 0.05) is 6.54 Å². The van der Waals surface area contributed by atoms with E-state index in [2.05, 4.69) is 29.5 Å². The summed E-state index contributed by atoms with van der Waals surface area (Å²) in [6, 6.07) is 17.3. The maximum atomic E-state index is 13.8. The van der Waals surface area contributed by atoms with Gasteiger partial charge in [0.25, 0.3) is 0 Å². The molecular formula is C27H31N5O4. The number of nitrogens with zero attached hydrogens (tertiary/aromatic N) is 4. The van der Waals surface area contributed by atoms with Crippen molar-refractivity contribution in [2.24, 2.45) is 5.92 Å². The molecule has 188 valence electrons. The zero-order chi connectivity index (χ0) is 25.5. The van der Waals surface area contributed by atoms with Crippen LogP contribution in [0.2, 0.25) is 0 Å². The number of carbonyl (C=O) groups is 2. The summed E-state index contributed by atoms with van der Waals surface area (Å²) in [6.07, 6.45) is 2.38. The van der Waals surface area contributed by atoms with Gasteiger partial charge in [-0.2, -0.15) is 0 Å². The number of fused-ring (bicyclic) bond motifs is 1. The Morgan fingerprint density at radius 1 is 1.08 bits per heavy atom. The molecule has 36 heavy (non-hydrogen) atoms. The van der Waals surface area contributed by atoms with E-state index in [0.29, 0.717) is 35.1 Å². The first-order valence-electron chi connectivity index (χ1n) is 12.0. The molecule has 0 radical (unpaired) electrons. The summed E-state index contributed by atoms with van der Waals surface area (Å²) in [5.74, 6) is 1.12. The van der Waals surface area contributed by atoms with Gasteiger partial charge in [-0.05, 0) is 54.3 Å². The fourth-order valence-electron chi connectivity index (χ4n) is 3.99. The van der Waals surface area contributed by atoms with Gasteiger partial charge in [0.15, 0.2) is 0 Å². The third-order valence-corrected chi connectivity index (χ3v) is 5.94. The van der Waals surface area contributed by atoms with Crippen molar-refractivity contribution < 1.29 is 18.7 Å². The number of hydrogen-bond acceptors (Lipinski definition) is 6. The van der Waals surface area contributed by atoms with Gasteiger partial charge in [0.1, 0.15) is 29.6 Å². The number of carbonyl (C=O) groups excluding carboxylic acids is 2. The van der Waals surface area contributed by atoms with E-state index in [1.807, 2.05) is 24.3 Å². The van der Waals surface area contributed by atoms with Crippen LogP contribution in [0.25, 0.3) is 11.0 Å². The number of methoxy groups -OCH3 is 1. The molecule has 2 heterocycles. The van der Waals surface area contributed by atoms with E-state index in [1.165, 1.54) is 4.90 Å². The number of para-hydroxylation sites is 1. The zero-order valence-electron chi connectivity index (χ0n) is 20.8. The van der Waals surface area contributed by atoms with Crippen LogP contribution in [0, 0.1) is 5.92 Å². The van der Waals surface area contributed by atoms with Gasteiger partial charge in [-0.15, -0.1) is 5.10 Å². The van der Waals surface area contributed by atoms with Gasteiger partial charge < -0.3 is 19.4 Å². The van der Waals surface area contributed by atoms with Crippen LogP contribution in [0.5, 0.6) is 5.75 Å². The minimum Gasteiger partial charge on any atom is -0.497 e. The molecule has 1 N–H and O–H groups in total. The van der Waals surface area contributed by atoms with Crippen LogP contribution in [0.1, 0.15) is 37.6 Å². The number of benzene rings is 2. The first-order chi connectivity index (χ1) is 17.5. The molecule has 0 spiro atoms. The highest BCUT2D eigenvalue weighted by Crippen LogP contribution is 2.27. The van der Waals surface area contributed by atoms with Crippen LogP contribution >= 0.6 is 0 Å². The summed E-state index contributed by atoms with van der Waals surface area (Å²) >= 11 is 0. The monoisotopic (exact) mass is 489 g/mol. The van der Waals surface area contributed by atoms with E-state index in [-0.39, 0.29) is 24.9 Å². The molecule has 0 bridgehead atoms. The molecule has 9 nitrogen and oxygen atoms in total. The molecule has 0 aliphatic rings. The van der Waals surface area contributed by atoms with Crippen LogP contribution < -0.4 is 10.1 Å². The Morgan fingerprint density at radius 2 is 1.86 bits per heavy atom. The zero-order valence-corrected chi connectivity index (χ0v) is 20.8. The largest absolute Gasteiger partial charge is 0.497 e. The minimum atomic E-state index is -0.879. The Labute approximate surface area is 210 Å². The van der Waals surface area contributed by atoms with Crippen molar-refractivity contribution in [2.45, 2.75) is 39.4 Å². The lowest BCUT2D eigenvalue weighted by Crippen LogP contribution is -2.45. The van der Waals surface area contributed by atoms with Gasteiger partial charge in [0.05, 0.1) is 25.4 Å². The van der Waals surface area contributed by atoms with E-state index < -0.39 is 6.04 Å². The third-order valence-electron chi connectivity index (χ3n) is 5.94. The molecule has 0 unspecified atom stereocenters. The van der Waals surface area contributed by atoms with Crippen LogP contribution in [0.15, 0.2) is 71.3 Å². The topological polar surface area (TPSA) is 102 Å². The van der Waals surface area contributed by atoms with Gasteiger partial charge in [-0.3, -0.25) is 9.59 Å². The predicted molar refractivity (Wildman–Crippen MR) is 135 cm³/mol. The highest BCUT2D eigenvalue weighted by Gasteiger charge is 2.32. The second kappa shape index (κ2) is 11.5. The maximum absolute atomic E-state index is 13.8. The first kappa shape index (κ1) is 25.0. The average molecular weight is 490 g/mol. The van der Waals surface area contributed by atoms with Crippen molar-refractivity contribution in [3.63, 3.8) is 0 Å². The van der Waals surface area contributed by atoms with E-state index in [9.17, 15) is 9.59 Å². The maximum Gasteiger partial charge on any atom is 0.247 e. The molecule has 9 heteroatoms. The average Bonchev–Trinajstić information content (AvgIpc) is 3.54. The number of rotatable bonds is 11. The second-order valence-electron chi connectivity index (χ2n) is 8.99. The van der Waals surface area contributed by atoms with Crippen molar-refractivity contribution >= 4 is 22.8 Å². The number of nitrogens with one attached hydrogen (secondary N) is 1. The highest BCUT2D eigenvalue weighted by molar-refractivity contribution is 5.89. The summed E-state index contributed by atoms with van der Waals surface area (Å²) in [6.45, 7) is 4.75. The lowest BCUT2D eigenvalue weighted by molar-refractivity contribution is -0.142. The van der Waals surface area contributed by atoms with E-state index in [0.717, 1.165) is 11.9 Å². The minimum absolute atomic E-state index is 0.0762. The fraction of sp³-hybridized carbons (Fsp3) is 0.333. The summed E-state index contributed by atoms with van der Waals surface area (Å²) in [7, 11) is 1.58. The molecule has 0 saturated carbocycles. The Kier molecular flexibility index (Phi) is 7.99. The summed E-state index contributed by atoms with van der Waals surface area (Å²) < 4.78 is 12.4. The normalized spacial score (nSPS) is 12.0. The van der Waals surface area contributed by atoms with Crippen molar-refractivity contribution in [2.75, 3.05) is 13.7 Å². The van der Waals surface area contributed by atoms with Crippen LogP contribution in [0.3, 0.4) is 0 Å². The fourth-order valence-corrected chi connectivity index (χ4v) is 3.99. The first-order valence-corrected chi connectivity index (χ1v) is 12.0. The van der Waals surface area contributed by atoms with Crippen molar-refractivity contribution in [3.8, 4) is 5.75 Å². The number of ether oxygens (including phenoxy) is 1. The predicted octanol–water partition coefficient (Wildman–Crippen LogP) is 3.97. The second-order valence-corrected chi connectivity index (χ2v) is 8.99. The van der Waals surface area contributed by atoms with Gasteiger partial charge >= 0.3 is 0 Å². The van der Waals surface area contributed by atoms with Crippen molar-refractivity contribution in [1.82, 2.24) is 25.2 Å². The van der Waals surface area contributed by atoms with Crippen molar-refractivity contribution in [3.05, 3.63) is 78.3 Å². The molecule has 4 aromatic rings. The summed E-state index contributed by atoms with van der Waals surface area (Å²) in [4.78, 5) is 28.9. The number of amides is 2. The van der Waals surface area contributed by atoms with Gasteiger partial charge in [-0.1, -0.05) is 43.3 Å². The van der Waals surface area contributed by atoms with Crippen LogP contribution in [0.4, 0.5) is 0 Å². The van der Waals surface area contributed by atoms with Crippen LogP contribution in [-0.2, 0) is 22.7 Å². The molecule has 2 aromatic heterocycles. The van der Waals surface area contributed by atoms with Crippen LogP contribution in [-0.4, -0.2) is 45.4 Å². The Bertz CT molecular complexity index is 1280. The van der Waals surface area contributed by atoms with Gasteiger partial charge in [-0.25, -0.2) is 4.68 Å². The smallest absolute Gasteiger partial charge is 0.247 e. The quantitative estimate of drug-likeness (QED) is 0.342. The molecule has 1 atom stereocenters. The molecule has 0 saturated heterocycles. The Hall–Kier alpha value is -4.14. The molecule has 2 amide bonds. The third kappa shape index (κ3) is 5.91. The molecule has 0 aliphatic carbocycles. The summed E-state index contributed by atoms with van der Waals surface area (Å²) in [5, 5.41) is 11.3. The standard InChI is InChI=1S/C27H31N5O4/c1-19(2)14-15-28-27(34)26(20-10-12-21(35-3)13-11-20)31(17-22-7-6-16-36-22)25(33)18-32-24-9-5-4-8-23(24)29-30-32/h4-13,16,19,26H,14-15,17-18H2,1-3H3,(H,28,34)/t26-/m0/s1. The highest BCUT2D eigenvalue weighted by atomic mass is 16.5. The SMILES string of the molecule is COc1ccc([C@@H](C(=O)NCCC(C)C)N(Cc2ccco2)C(=O)Cn2nnc3ccccc32)cc1. The number of hydrogen-bond donors (Lipinski definition) is 1. The Morgan fingerprint density at radius 3 is 2.56 bits per heavy atom. The molecule has 2 aromatic carbocycles. The van der Waals surface area contributed by atoms with Gasteiger partial charge in [0.2, 0.25) is 11.8 Å². The van der Waals surface area contributed by atoms with E-state index >= 15 is 0 Å². The van der Waals surface area contributed by atoms with Crippen molar-refractivity contribution in [1.29, 1.82) is 0 Å². The molecule has 4 rings (SSSR count). The summed E-state index contributed by atoms with van der Waals surface area (Å²) in [5.41, 5.74) is 2.10. The molecule has 0 aliphatic heterocycles. The van der Waals surface area contributed by atoms with E-state index in [1.54, 1.807) is 54.5 Å². The molecule has 0 fully saturated rings. The molecular weight excluding hydrogens is 458 g/mol. The number of aromatic nitrogens is 3. The lowest BCUT2D eigenvalue weighted by Gasteiger charge is -2.31. The lowest BCUT2D eigenvalue weighted by atomic mass is 10.0.